The molecule has 1 heterocycles. The van der Waals surface area contributed by atoms with Gasteiger partial charge in [0.1, 0.15) is 0 Å². The summed E-state index contributed by atoms with van der Waals surface area (Å²) in [5.74, 6) is 0. The molecule has 0 aliphatic rings. The van der Waals surface area contributed by atoms with Crippen molar-refractivity contribution in [3.8, 4) is 0 Å². The molecule has 0 spiro atoms. The van der Waals surface area contributed by atoms with E-state index < -0.39 is 0 Å². The van der Waals surface area contributed by atoms with Crippen molar-refractivity contribution in [3.63, 3.8) is 0 Å². The molecule has 0 radical (unpaired) electrons. The van der Waals surface area contributed by atoms with Gasteiger partial charge in [0, 0.05) is 11.7 Å². The number of hydrogen-bond donors (Lipinski definition) is 1. The quantitative estimate of drug-likeness (QED) is 0.657. The first-order chi connectivity index (χ1) is 4.47. The van der Waals surface area contributed by atoms with Crippen LogP contribution in [-0.2, 0) is 0 Å². The lowest BCUT2D eigenvalue weighted by Gasteiger charge is -1.83. The standard InChI is InChI=1S/C8H7N.BrH.Mg.2H/c1-2-4-8-7(3-1)5-6-9-8;;;;/h1-6,9H;1H;;;. The lowest BCUT2D eigenvalue weighted by Crippen LogP contribution is -1.61. The van der Waals surface area contributed by atoms with E-state index in [4.69, 9.17) is 0 Å². The normalized spacial score (nSPS) is 8.36. The summed E-state index contributed by atoms with van der Waals surface area (Å²) in [6, 6.07) is 10.3. The highest BCUT2D eigenvalue weighted by atomic mass is 79.9. The van der Waals surface area contributed by atoms with Crippen molar-refractivity contribution in [1.82, 2.24) is 4.98 Å². The van der Waals surface area contributed by atoms with E-state index in [1.54, 1.807) is 0 Å². The third-order valence-corrected chi connectivity index (χ3v) is 1.46. The van der Waals surface area contributed by atoms with E-state index in [-0.39, 0.29) is 40.0 Å². The highest BCUT2D eigenvalue weighted by Gasteiger charge is 1.86. The average Bonchev–Trinajstić information content (AvgIpc) is 2.33. The van der Waals surface area contributed by atoms with Gasteiger partial charge < -0.3 is 4.98 Å². The molecule has 0 amide bonds. The van der Waals surface area contributed by atoms with Gasteiger partial charge in [-0.25, -0.2) is 0 Å². The molecular weight excluding hydrogens is 214 g/mol. The molecule has 1 nitrogen and oxygen atoms in total. The van der Waals surface area contributed by atoms with Gasteiger partial charge in [-0.1, -0.05) is 18.2 Å². The highest BCUT2D eigenvalue weighted by Crippen LogP contribution is 2.09. The molecule has 1 aromatic carbocycles. The van der Waals surface area contributed by atoms with Crippen molar-refractivity contribution in [3.05, 3.63) is 36.5 Å². The molecule has 0 bridgehead atoms. The van der Waals surface area contributed by atoms with E-state index in [9.17, 15) is 0 Å². The molecule has 0 saturated carbocycles. The van der Waals surface area contributed by atoms with E-state index in [1.165, 1.54) is 10.9 Å². The average molecular weight is 224 g/mol. The number of para-hydroxylation sites is 1. The first kappa shape index (κ1) is 11.0. The number of benzene rings is 1. The van der Waals surface area contributed by atoms with Gasteiger partial charge in [0.15, 0.2) is 0 Å². The minimum atomic E-state index is 0. The zero-order chi connectivity index (χ0) is 6.10. The lowest BCUT2D eigenvalue weighted by atomic mass is 10.3. The number of hydrogen-bond acceptors (Lipinski definition) is 0. The van der Waals surface area contributed by atoms with Crippen molar-refractivity contribution in [2.24, 2.45) is 0 Å². The summed E-state index contributed by atoms with van der Waals surface area (Å²) < 4.78 is 0. The zero-order valence-corrected chi connectivity index (χ0v) is 7.09. The van der Waals surface area contributed by atoms with Gasteiger partial charge in [-0.15, -0.1) is 17.0 Å². The van der Waals surface area contributed by atoms with Gasteiger partial charge in [-0.3, -0.25) is 0 Å². The molecule has 3 heteroatoms. The van der Waals surface area contributed by atoms with E-state index in [0.717, 1.165) is 0 Å². The Morgan fingerprint density at radius 3 is 2.45 bits per heavy atom. The maximum Gasteiger partial charge on any atom is 0.316 e. The molecular formula is C8H10BrMgN. The van der Waals surface area contributed by atoms with Crippen LogP contribution in [0.1, 0.15) is 0 Å². The maximum absolute atomic E-state index is 3.12. The van der Waals surface area contributed by atoms with Crippen LogP contribution in [0.4, 0.5) is 0 Å². The molecule has 1 N–H and O–H groups in total. The second kappa shape index (κ2) is 4.80. The van der Waals surface area contributed by atoms with E-state index in [0.29, 0.717) is 0 Å². The van der Waals surface area contributed by atoms with Gasteiger partial charge in [-0.2, -0.15) is 0 Å². The molecule has 0 saturated heterocycles. The Labute approximate surface area is 92.1 Å². The molecule has 2 rings (SSSR count). The number of aromatic nitrogens is 1. The lowest BCUT2D eigenvalue weighted by molar-refractivity contribution is 1.48. The van der Waals surface area contributed by atoms with Crippen LogP contribution in [0.15, 0.2) is 36.5 Å². The molecule has 0 unspecified atom stereocenters. The van der Waals surface area contributed by atoms with Gasteiger partial charge in [-0.05, 0) is 17.5 Å². The minimum absolute atomic E-state index is 0. The van der Waals surface area contributed by atoms with Crippen LogP contribution >= 0.6 is 17.0 Å². The van der Waals surface area contributed by atoms with Crippen LogP contribution in [-0.4, -0.2) is 28.0 Å². The predicted molar refractivity (Wildman–Crippen MR) is 57.2 cm³/mol. The van der Waals surface area contributed by atoms with E-state index in [2.05, 4.69) is 23.2 Å². The van der Waals surface area contributed by atoms with Gasteiger partial charge in [0.2, 0.25) is 0 Å². The van der Waals surface area contributed by atoms with E-state index in [1.807, 2.05) is 18.3 Å². The van der Waals surface area contributed by atoms with Crippen molar-refractivity contribution >= 4 is 50.9 Å². The van der Waals surface area contributed by atoms with Crippen LogP contribution in [0.25, 0.3) is 10.9 Å². The van der Waals surface area contributed by atoms with Crippen molar-refractivity contribution in [1.29, 1.82) is 0 Å². The molecule has 0 fully saturated rings. The number of fused-ring (bicyclic) bond motifs is 1. The zero-order valence-electron chi connectivity index (χ0n) is 5.37. The Bertz CT molecular complexity index is 288. The summed E-state index contributed by atoms with van der Waals surface area (Å²) in [4.78, 5) is 3.12. The van der Waals surface area contributed by atoms with Gasteiger partial charge >= 0.3 is 23.1 Å². The molecule has 2 aromatic rings. The monoisotopic (exact) mass is 223 g/mol. The number of halogens is 1. The number of aromatic amines is 1. The Balaban J connectivity index is 0.000000500. The van der Waals surface area contributed by atoms with Crippen LogP contribution in [0.3, 0.4) is 0 Å². The number of nitrogens with one attached hydrogen (secondary N) is 1. The number of rotatable bonds is 0. The summed E-state index contributed by atoms with van der Waals surface area (Å²) in [5.41, 5.74) is 1.21. The van der Waals surface area contributed by atoms with Crippen LogP contribution in [0.2, 0.25) is 0 Å². The molecule has 11 heavy (non-hydrogen) atoms. The smallest absolute Gasteiger partial charge is 0.316 e. The Morgan fingerprint density at radius 2 is 1.73 bits per heavy atom. The summed E-state index contributed by atoms with van der Waals surface area (Å²) in [7, 11) is 0. The van der Waals surface area contributed by atoms with Gasteiger partial charge in [0.05, 0.1) is 0 Å². The molecule has 56 valence electrons. The van der Waals surface area contributed by atoms with Crippen molar-refractivity contribution < 1.29 is 0 Å². The third-order valence-electron chi connectivity index (χ3n) is 1.46. The molecule has 0 atom stereocenters. The first-order valence-corrected chi connectivity index (χ1v) is 2.99. The van der Waals surface area contributed by atoms with E-state index >= 15 is 0 Å². The fourth-order valence-electron chi connectivity index (χ4n) is 0.995. The molecule has 1 aromatic heterocycles. The largest absolute Gasteiger partial charge is 0.361 e. The predicted octanol–water partition coefficient (Wildman–Crippen LogP) is 1.83. The Hall–Kier alpha value is 0.00623. The SMILES string of the molecule is Br.[MgH2].c1ccc2[nH]ccc2c1. The highest BCUT2D eigenvalue weighted by molar-refractivity contribution is 8.93. The Kier molecular flexibility index (Phi) is 4.80. The van der Waals surface area contributed by atoms with Crippen LogP contribution < -0.4 is 0 Å². The summed E-state index contributed by atoms with van der Waals surface area (Å²) in [5, 5.41) is 1.28. The fourth-order valence-corrected chi connectivity index (χ4v) is 0.995. The second-order valence-electron chi connectivity index (χ2n) is 2.06. The minimum Gasteiger partial charge on any atom is -0.361 e. The first-order valence-electron chi connectivity index (χ1n) is 2.99. The summed E-state index contributed by atoms with van der Waals surface area (Å²) in [6.45, 7) is 0. The van der Waals surface area contributed by atoms with Crippen molar-refractivity contribution in [2.75, 3.05) is 0 Å². The molecule has 0 aliphatic heterocycles. The van der Waals surface area contributed by atoms with Crippen molar-refractivity contribution in [2.45, 2.75) is 0 Å². The summed E-state index contributed by atoms with van der Waals surface area (Å²) in [6.07, 6.45) is 1.95. The Morgan fingerprint density at radius 1 is 1.00 bits per heavy atom. The van der Waals surface area contributed by atoms with Crippen LogP contribution in [0.5, 0.6) is 0 Å². The third kappa shape index (κ3) is 2.22. The number of H-pyrrole nitrogens is 1. The second-order valence-corrected chi connectivity index (χ2v) is 2.06. The maximum atomic E-state index is 3.12. The fraction of sp³-hybridized carbons (Fsp3) is 0. The summed E-state index contributed by atoms with van der Waals surface area (Å²) >= 11 is 0. The molecule has 0 aliphatic carbocycles. The van der Waals surface area contributed by atoms with Gasteiger partial charge in [0.25, 0.3) is 0 Å². The topological polar surface area (TPSA) is 15.8 Å². The van der Waals surface area contributed by atoms with Crippen LogP contribution in [0, 0.1) is 0 Å².